The van der Waals surface area contributed by atoms with E-state index < -0.39 is 6.04 Å². The predicted octanol–water partition coefficient (Wildman–Crippen LogP) is 3.00. The molecule has 3 rings (SSSR count). The molecule has 122 valence electrons. The van der Waals surface area contributed by atoms with Crippen LogP contribution < -0.4 is 10.6 Å². The van der Waals surface area contributed by atoms with E-state index in [4.69, 9.17) is 11.6 Å². The van der Waals surface area contributed by atoms with E-state index in [1.807, 2.05) is 31.2 Å². The molecule has 0 fully saturated rings. The lowest BCUT2D eigenvalue weighted by Gasteiger charge is -2.22. The van der Waals surface area contributed by atoms with Gasteiger partial charge >= 0.3 is 0 Å². The molecule has 1 atom stereocenters. The highest BCUT2D eigenvalue weighted by atomic mass is 35.5. The van der Waals surface area contributed by atoms with Gasteiger partial charge < -0.3 is 0 Å². The Morgan fingerprint density at radius 2 is 2.04 bits per heavy atom. The summed E-state index contributed by atoms with van der Waals surface area (Å²) in [5, 5.41) is 5.78. The molecule has 0 radical (unpaired) electrons. The number of carbonyl (C=O) groups excluding carboxylic acids is 2. The van der Waals surface area contributed by atoms with Crippen LogP contribution in [0.1, 0.15) is 33.9 Å². The molecule has 2 amide bonds. The van der Waals surface area contributed by atoms with Crippen LogP contribution in [-0.2, 0) is 4.79 Å². The first-order chi connectivity index (χ1) is 11.5. The van der Waals surface area contributed by atoms with E-state index in [1.165, 1.54) is 0 Å². The molecule has 1 heterocycles. The Hall–Kier alpha value is -2.66. The van der Waals surface area contributed by atoms with Crippen molar-refractivity contribution < 1.29 is 9.59 Å². The molecule has 2 aromatic carbocycles. The van der Waals surface area contributed by atoms with Gasteiger partial charge in [-0.1, -0.05) is 47.5 Å². The van der Waals surface area contributed by atoms with Crippen molar-refractivity contribution in [3.05, 3.63) is 70.2 Å². The molecule has 0 spiro atoms. The fourth-order valence-electron chi connectivity index (χ4n) is 2.55. The van der Waals surface area contributed by atoms with Gasteiger partial charge in [-0.2, -0.15) is 0 Å². The minimum Gasteiger partial charge on any atom is -0.296 e. The van der Waals surface area contributed by atoms with E-state index in [2.05, 4.69) is 15.6 Å². The van der Waals surface area contributed by atoms with Crippen LogP contribution >= 0.6 is 11.6 Å². The highest BCUT2D eigenvalue weighted by Gasteiger charge is 2.25. The highest BCUT2D eigenvalue weighted by Crippen LogP contribution is 2.29. The molecular weight excluding hydrogens is 326 g/mol. The Bertz CT molecular complexity index is 833. The highest BCUT2D eigenvalue weighted by molar-refractivity contribution is 6.31. The SMILES string of the molecule is Cc1cccc(C(=O)NC2=N[C@@H](c3ccccc3Cl)CC(=O)N2)c1. The fourth-order valence-corrected chi connectivity index (χ4v) is 2.81. The zero-order chi connectivity index (χ0) is 17.1. The van der Waals surface area contributed by atoms with Gasteiger partial charge in [-0.15, -0.1) is 0 Å². The van der Waals surface area contributed by atoms with Crippen LogP contribution in [0.15, 0.2) is 53.5 Å². The van der Waals surface area contributed by atoms with Gasteiger partial charge in [0.25, 0.3) is 5.91 Å². The maximum Gasteiger partial charge on any atom is 0.257 e. The van der Waals surface area contributed by atoms with Crippen molar-refractivity contribution in [2.24, 2.45) is 4.99 Å². The second-order valence-corrected chi connectivity index (χ2v) is 6.00. The third kappa shape index (κ3) is 3.63. The van der Waals surface area contributed by atoms with Crippen molar-refractivity contribution in [2.45, 2.75) is 19.4 Å². The summed E-state index contributed by atoms with van der Waals surface area (Å²) in [7, 11) is 0. The summed E-state index contributed by atoms with van der Waals surface area (Å²) in [6, 6.07) is 14.0. The monoisotopic (exact) mass is 341 g/mol. The Morgan fingerprint density at radius 3 is 2.79 bits per heavy atom. The van der Waals surface area contributed by atoms with E-state index in [0.717, 1.165) is 11.1 Å². The van der Waals surface area contributed by atoms with Crippen molar-refractivity contribution in [2.75, 3.05) is 0 Å². The third-order valence-electron chi connectivity index (χ3n) is 3.70. The number of rotatable bonds is 2. The van der Waals surface area contributed by atoms with Crippen molar-refractivity contribution >= 4 is 29.4 Å². The Balaban J connectivity index is 1.83. The van der Waals surface area contributed by atoms with Crippen LogP contribution in [-0.4, -0.2) is 17.8 Å². The van der Waals surface area contributed by atoms with E-state index in [1.54, 1.807) is 24.3 Å². The summed E-state index contributed by atoms with van der Waals surface area (Å²) in [5.41, 5.74) is 2.24. The van der Waals surface area contributed by atoms with Crippen LogP contribution in [0.4, 0.5) is 0 Å². The van der Waals surface area contributed by atoms with Gasteiger partial charge in [-0.25, -0.2) is 4.99 Å². The first kappa shape index (κ1) is 16.2. The standard InChI is InChI=1S/C18H16ClN3O2/c1-11-5-4-6-12(9-11)17(24)22-18-20-15(10-16(23)21-18)13-7-2-3-8-14(13)19/h2-9,15H,10H2,1H3,(H2,20,21,22,23,24)/t15-/m1/s1. The number of aliphatic imine (C=N–C) groups is 1. The van der Waals surface area contributed by atoms with Gasteiger partial charge in [0.1, 0.15) is 0 Å². The molecule has 0 bridgehead atoms. The van der Waals surface area contributed by atoms with Gasteiger partial charge in [0, 0.05) is 10.6 Å². The van der Waals surface area contributed by atoms with Crippen LogP contribution in [0.5, 0.6) is 0 Å². The summed E-state index contributed by atoms with van der Waals surface area (Å²) in [6.45, 7) is 1.91. The number of amides is 2. The van der Waals surface area contributed by atoms with E-state index in [-0.39, 0.29) is 24.2 Å². The molecule has 2 aromatic rings. The Kier molecular flexibility index (Phi) is 4.62. The average Bonchev–Trinajstić information content (AvgIpc) is 2.54. The number of aryl methyl sites for hydroxylation is 1. The maximum absolute atomic E-state index is 12.3. The van der Waals surface area contributed by atoms with Crippen molar-refractivity contribution in [1.29, 1.82) is 0 Å². The first-order valence-electron chi connectivity index (χ1n) is 7.53. The van der Waals surface area contributed by atoms with Gasteiger partial charge in [0.05, 0.1) is 12.5 Å². The second-order valence-electron chi connectivity index (χ2n) is 5.59. The number of carbonyl (C=O) groups is 2. The van der Waals surface area contributed by atoms with Gasteiger partial charge in [-0.3, -0.25) is 20.2 Å². The summed E-state index contributed by atoms with van der Waals surface area (Å²) < 4.78 is 0. The Labute approximate surface area is 144 Å². The quantitative estimate of drug-likeness (QED) is 0.881. The summed E-state index contributed by atoms with van der Waals surface area (Å²) in [5.74, 6) is -0.394. The number of halogens is 1. The zero-order valence-electron chi connectivity index (χ0n) is 13.0. The first-order valence-corrected chi connectivity index (χ1v) is 7.91. The van der Waals surface area contributed by atoms with E-state index in [0.29, 0.717) is 10.6 Å². The number of benzene rings is 2. The molecule has 1 aliphatic heterocycles. The van der Waals surface area contributed by atoms with Gasteiger partial charge in [-0.05, 0) is 30.7 Å². The molecule has 1 aliphatic rings. The minimum atomic E-state index is -0.416. The number of nitrogens with zero attached hydrogens (tertiary/aromatic N) is 1. The van der Waals surface area contributed by atoms with Crippen molar-refractivity contribution in [3.8, 4) is 0 Å². The molecule has 0 aromatic heterocycles. The second kappa shape index (κ2) is 6.84. The zero-order valence-corrected chi connectivity index (χ0v) is 13.8. The molecule has 24 heavy (non-hydrogen) atoms. The smallest absolute Gasteiger partial charge is 0.257 e. The average molecular weight is 342 g/mol. The lowest BCUT2D eigenvalue weighted by atomic mass is 10.0. The molecule has 2 N–H and O–H groups in total. The third-order valence-corrected chi connectivity index (χ3v) is 4.04. The van der Waals surface area contributed by atoms with Gasteiger partial charge in [0.15, 0.2) is 0 Å². The van der Waals surface area contributed by atoms with E-state index >= 15 is 0 Å². The fraction of sp³-hybridized carbons (Fsp3) is 0.167. The molecular formula is C18H16ClN3O2. The van der Waals surface area contributed by atoms with Gasteiger partial charge in [0.2, 0.25) is 11.9 Å². The summed E-state index contributed by atoms with van der Waals surface area (Å²) in [4.78, 5) is 28.7. The summed E-state index contributed by atoms with van der Waals surface area (Å²) in [6.07, 6.45) is 0.188. The lowest BCUT2D eigenvalue weighted by molar-refractivity contribution is -0.120. The molecule has 0 unspecified atom stereocenters. The van der Waals surface area contributed by atoms with Crippen LogP contribution in [0, 0.1) is 6.92 Å². The number of nitrogens with one attached hydrogen (secondary N) is 2. The topological polar surface area (TPSA) is 70.6 Å². The molecule has 0 aliphatic carbocycles. The van der Waals surface area contributed by atoms with Crippen LogP contribution in [0.25, 0.3) is 0 Å². The predicted molar refractivity (Wildman–Crippen MR) is 93.0 cm³/mol. The maximum atomic E-state index is 12.3. The molecule has 5 nitrogen and oxygen atoms in total. The van der Waals surface area contributed by atoms with Crippen LogP contribution in [0.3, 0.4) is 0 Å². The number of guanidine groups is 1. The van der Waals surface area contributed by atoms with E-state index in [9.17, 15) is 9.59 Å². The largest absolute Gasteiger partial charge is 0.296 e. The van der Waals surface area contributed by atoms with Crippen molar-refractivity contribution in [3.63, 3.8) is 0 Å². The number of hydrogen-bond acceptors (Lipinski definition) is 3. The normalized spacial score (nSPS) is 17.0. The van der Waals surface area contributed by atoms with Crippen LogP contribution in [0.2, 0.25) is 5.02 Å². The number of hydrogen-bond donors (Lipinski definition) is 2. The summed E-state index contributed by atoms with van der Waals surface area (Å²) >= 11 is 6.18. The molecule has 0 saturated heterocycles. The minimum absolute atomic E-state index is 0.141. The lowest BCUT2D eigenvalue weighted by Crippen LogP contribution is -2.47. The Morgan fingerprint density at radius 1 is 1.25 bits per heavy atom. The molecule has 6 heteroatoms. The van der Waals surface area contributed by atoms with Crippen molar-refractivity contribution in [1.82, 2.24) is 10.6 Å². The molecule has 0 saturated carbocycles.